The molecule has 4 rings (SSSR count). The molecule has 1 aliphatic carbocycles. The Kier molecular flexibility index (Phi) is 4.96. The maximum Gasteiger partial charge on any atom is 0.231 e. The van der Waals surface area contributed by atoms with Crippen molar-refractivity contribution in [2.45, 2.75) is 44.1 Å². The second-order valence-electron chi connectivity index (χ2n) is 7.36. The number of aromatic nitrogens is 2. The molecule has 26 heavy (non-hydrogen) atoms. The fourth-order valence-corrected chi connectivity index (χ4v) is 4.12. The molecule has 138 valence electrons. The number of nitrogens with two attached hydrogens (primary N) is 1. The molecule has 2 N–H and O–H groups in total. The SMILES string of the molecule is NC1CCC(C(=O)N2CCCC(c3nc(-c4ccc(Cl)cc4)no3)C2)C1. The molecule has 2 heterocycles. The number of carbonyl (C=O) groups is 1. The van der Waals surface area contributed by atoms with Crippen LogP contribution in [0.15, 0.2) is 28.8 Å². The van der Waals surface area contributed by atoms with Crippen molar-refractivity contribution < 1.29 is 9.32 Å². The number of hydrogen-bond donors (Lipinski definition) is 1. The lowest BCUT2D eigenvalue weighted by atomic mass is 9.96. The Labute approximate surface area is 157 Å². The highest BCUT2D eigenvalue weighted by Gasteiger charge is 2.34. The van der Waals surface area contributed by atoms with Crippen molar-refractivity contribution in [2.75, 3.05) is 13.1 Å². The summed E-state index contributed by atoms with van der Waals surface area (Å²) in [7, 11) is 0. The average Bonchev–Trinajstić information content (AvgIpc) is 3.31. The average molecular weight is 375 g/mol. The zero-order valence-electron chi connectivity index (χ0n) is 14.6. The molecule has 2 fully saturated rings. The molecule has 1 aliphatic heterocycles. The van der Waals surface area contributed by atoms with Crippen molar-refractivity contribution in [3.05, 3.63) is 35.2 Å². The smallest absolute Gasteiger partial charge is 0.231 e. The standard InChI is InChI=1S/C19H23ClN4O2/c20-15-6-3-12(4-7-15)17-22-18(26-23-17)14-2-1-9-24(11-14)19(25)13-5-8-16(21)10-13/h3-4,6-7,13-14,16H,1-2,5,8-11,21H2. The number of benzene rings is 1. The van der Waals surface area contributed by atoms with Gasteiger partial charge in [-0.1, -0.05) is 16.8 Å². The van der Waals surface area contributed by atoms with Crippen molar-refractivity contribution in [3.8, 4) is 11.4 Å². The van der Waals surface area contributed by atoms with Crippen molar-refractivity contribution in [1.82, 2.24) is 15.0 Å². The third-order valence-electron chi connectivity index (χ3n) is 5.45. The molecule has 1 saturated carbocycles. The molecule has 0 spiro atoms. The molecule has 1 aromatic heterocycles. The van der Waals surface area contributed by atoms with Crippen molar-refractivity contribution in [2.24, 2.45) is 11.7 Å². The predicted octanol–water partition coefficient (Wildman–Crippen LogP) is 3.22. The number of likely N-dealkylation sites (tertiary alicyclic amines) is 1. The Morgan fingerprint density at radius 3 is 2.77 bits per heavy atom. The fraction of sp³-hybridized carbons (Fsp3) is 0.526. The van der Waals surface area contributed by atoms with E-state index in [0.29, 0.717) is 23.3 Å². The summed E-state index contributed by atoms with van der Waals surface area (Å²) in [5.74, 6) is 1.57. The van der Waals surface area contributed by atoms with E-state index >= 15 is 0 Å². The highest BCUT2D eigenvalue weighted by molar-refractivity contribution is 6.30. The fourth-order valence-electron chi connectivity index (χ4n) is 4.00. The molecule has 0 radical (unpaired) electrons. The minimum atomic E-state index is 0.0797. The summed E-state index contributed by atoms with van der Waals surface area (Å²) >= 11 is 5.93. The largest absolute Gasteiger partial charge is 0.342 e. The summed E-state index contributed by atoms with van der Waals surface area (Å²) in [5, 5.41) is 4.77. The third-order valence-corrected chi connectivity index (χ3v) is 5.70. The van der Waals surface area contributed by atoms with Crippen molar-refractivity contribution in [1.29, 1.82) is 0 Å². The Hall–Kier alpha value is -1.92. The van der Waals surface area contributed by atoms with Gasteiger partial charge in [0.25, 0.3) is 0 Å². The van der Waals surface area contributed by atoms with Gasteiger partial charge in [0.15, 0.2) is 0 Å². The molecule has 1 amide bonds. The van der Waals surface area contributed by atoms with Gasteiger partial charge in [-0.2, -0.15) is 4.98 Å². The van der Waals surface area contributed by atoms with E-state index in [0.717, 1.165) is 44.2 Å². The summed E-state index contributed by atoms with van der Waals surface area (Å²) in [5.41, 5.74) is 6.83. The van der Waals surface area contributed by atoms with Crippen LogP contribution < -0.4 is 5.73 Å². The lowest BCUT2D eigenvalue weighted by Crippen LogP contribution is -2.42. The van der Waals surface area contributed by atoms with E-state index in [2.05, 4.69) is 10.1 Å². The van der Waals surface area contributed by atoms with Crippen LogP contribution in [0.2, 0.25) is 5.02 Å². The molecule has 3 unspecified atom stereocenters. The van der Waals surface area contributed by atoms with Gasteiger partial charge in [0.1, 0.15) is 0 Å². The number of rotatable bonds is 3. The van der Waals surface area contributed by atoms with E-state index in [1.807, 2.05) is 17.0 Å². The molecular weight excluding hydrogens is 352 g/mol. The van der Waals surface area contributed by atoms with Crippen LogP contribution in [0.3, 0.4) is 0 Å². The second-order valence-corrected chi connectivity index (χ2v) is 7.79. The minimum absolute atomic E-state index is 0.0797. The normalized spacial score (nSPS) is 26.2. The molecular formula is C19H23ClN4O2. The lowest BCUT2D eigenvalue weighted by molar-refractivity contribution is -0.136. The molecule has 3 atom stereocenters. The summed E-state index contributed by atoms with van der Waals surface area (Å²) in [6, 6.07) is 7.52. The summed E-state index contributed by atoms with van der Waals surface area (Å²) in [6.45, 7) is 1.45. The van der Waals surface area contributed by atoms with Gasteiger partial charge in [0.2, 0.25) is 17.6 Å². The first-order valence-electron chi connectivity index (χ1n) is 9.24. The number of nitrogens with zero attached hydrogens (tertiary/aromatic N) is 3. The van der Waals surface area contributed by atoms with Gasteiger partial charge in [-0.05, 0) is 56.4 Å². The maximum absolute atomic E-state index is 12.8. The van der Waals surface area contributed by atoms with E-state index < -0.39 is 0 Å². The monoisotopic (exact) mass is 374 g/mol. The van der Waals surface area contributed by atoms with Gasteiger partial charge in [0.05, 0.1) is 5.92 Å². The zero-order valence-corrected chi connectivity index (χ0v) is 15.4. The van der Waals surface area contributed by atoms with Crippen LogP contribution in [0, 0.1) is 5.92 Å². The quantitative estimate of drug-likeness (QED) is 0.891. The first-order chi connectivity index (χ1) is 12.6. The zero-order chi connectivity index (χ0) is 18.1. The van der Waals surface area contributed by atoms with Gasteiger partial charge >= 0.3 is 0 Å². The lowest BCUT2D eigenvalue weighted by Gasteiger charge is -2.32. The minimum Gasteiger partial charge on any atom is -0.342 e. The van der Waals surface area contributed by atoms with E-state index in [4.69, 9.17) is 21.9 Å². The predicted molar refractivity (Wildman–Crippen MR) is 98.6 cm³/mol. The van der Waals surface area contributed by atoms with Crippen LogP contribution in [-0.2, 0) is 4.79 Å². The first-order valence-corrected chi connectivity index (χ1v) is 9.62. The third kappa shape index (κ3) is 3.62. The highest BCUT2D eigenvalue weighted by atomic mass is 35.5. The molecule has 7 heteroatoms. The maximum atomic E-state index is 12.8. The van der Waals surface area contributed by atoms with Crippen LogP contribution in [0.4, 0.5) is 0 Å². The van der Waals surface area contributed by atoms with Crippen LogP contribution >= 0.6 is 11.6 Å². The molecule has 2 aromatic rings. The Bertz CT molecular complexity index is 776. The molecule has 2 aliphatic rings. The second kappa shape index (κ2) is 7.37. The Morgan fingerprint density at radius 2 is 2.04 bits per heavy atom. The Balaban J connectivity index is 1.45. The Morgan fingerprint density at radius 1 is 1.23 bits per heavy atom. The van der Waals surface area contributed by atoms with E-state index in [1.54, 1.807) is 12.1 Å². The van der Waals surface area contributed by atoms with Gasteiger partial charge in [-0.15, -0.1) is 0 Å². The number of amides is 1. The van der Waals surface area contributed by atoms with Crippen LogP contribution in [0.5, 0.6) is 0 Å². The van der Waals surface area contributed by atoms with E-state index in [-0.39, 0.29) is 23.8 Å². The van der Waals surface area contributed by atoms with Crippen LogP contribution in [0.25, 0.3) is 11.4 Å². The van der Waals surface area contributed by atoms with Crippen LogP contribution in [0.1, 0.15) is 43.9 Å². The summed E-state index contributed by atoms with van der Waals surface area (Å²) < 4.78 is 5.51. The molecule has 6 nitrogen and oxygen atoms in total. The van der Waals surface area contributed by atoms with Crippen molar-refractivity contribution >= 4 is 17.5 Å². The molecule has 1 aromatic carbocycles. The number of halogens is 1. The number of carbonyl (C=O) groups excluding carboxylic acids is 1. The number of hydrogen-bond acceptors (Lipinski definition) is 5. The van der Waals surface area contributed by atoms with Crippen LogP contribution in [-0.4, -0.2) is 40.1 Å². The van der Waals surface area contributed by atoms with Gasteiger partial charge in [-0.25, -0.2) is 0 Å². The first kappa shape index (κ1) is 17.5. The topological polar surface area (TPSA) is 85.3 Å². The van der Waals surface area contributed by atoms with Gasteiger partial charge in [0, 0.05) is 35.6 Å². The number of piperidine rings is 1. The van der Waals surface area contributed by atoms with E-state index in [9.17, 15) is 4.79 Å². The van der Waals surface area contributed by atoms with Gasteiger partial charge < -0.3 is 15.2 Å². The van der Waals surface area contributed by atoms with Gasteiger partial charge in [-0.3, -0.25) is 4.79 Å². The molecule has 0 bridgehead atoms. The van der Waals surface area contributed by atoms with E-state index in [1.165, 1.54) is 0 Å². The molecule has 1 saturated heterocycles. The summed E-state index contributed by atoms with van der Waals surface area (Å²) in [6.07, 6.45) is 4.57. The summed E-state index contributed by atoms with van der Waals surface area (Å²) in [4.78, 5) is 19.3. The van der Waals surface area contributed by atoms with Crippen molar-refractivity contribution in [3.63, 3.8) is 0 Å². The highest BCUT2D eigenvalue weighted by Crippen LogP contribution is 2.31.